The van der Waals surface area contributed by atoms with Crippen LogP contribution in [-0.2, 0) is 16.0 Å². The van der Waals surface area contributed by atoms with E-state index in [4.69, 9.17) is 0 Å². The smallest absolute Gasteiger partial charge is 0.291 e. The summed E-state index contributed by atoms with van der Waals surface area (Å²) in [6.45, 7) is 2.82. The van der Waals surface area contributed by atoms with Gasteiger partial charge in [0, 0.05) is 6.20 Å². The van der Waals surface area contributed by atoms with Crippen molar-refractivity contribution in [3.05, 3.63) is 29.6 Å². The van der Waals surface area contributed by atoms with Crippen LogP contribution in [-0.4, -0.2) is 34.2 Å². The van der Waals surface area contributed by atoms with Gasteiger partial charge in [-0.1, -0.05) is 22.9 Å². The van der Waals surface area contributed by atoms with Crippen LogP contribution in [0.15, 0.2) is 23.4 Å². The van der Waals surface area contributed by atoms with Crippen LogP contribution >= 0.6 is 15.9 Å². The van der Waals surface area contributed by atoms with Crippen LogP contribution in [0.2, 0.25) is 0 Å². The number of pyridine rings is 1. The fraction of sp³-hybridized carbons (Fsp3) is 0.385. The quantitative estimate of drug-likeness (QED) is 0.571. The number of nitrogens with zero attached hydrogens (tertiary/aromatic N) is 2. The minimum Gasteiger partial charge on any atom is -0.291 e. The van der Waals surface area contributed by atoms with E-state index in [-0.39, 0.29) is 17.1 Å². The van der Waals surface area contributed by atoms with Crippen molar-refractivity contribution < 1.29 is 26.4 Å². The van der Waals surface area contributed by atoms with Gasteiger partial charge in [0.15, 0.2) is 20.6 Å². The SMILES string of the molecule is CCS(=O)(=O)c1c(C(=O)C(C)Br)nc2ccc(C(F)(F)F)cn12. The monoisotopic (exact) mass is 412 g/mol. The number of sulfone groups is 1. The maximum Gasteiger partial charge on any atom is 0.417 e. The minimum atomic E-state index is -4.64. The van der Waals surface area contributed by atoms with Crippen LogP contribution < -0.4 is 0 Å². The summed E-state index contributed by atoms with van der Waals surface area (Å²) in [6.07, 6.45) is -4.00. The van der Waals surface area contributed by atoms with Gasteiger partial charge in [-0.2, -0.15) is 13.2 Å². The molecule has 0 amide bonds. The lowest BCUT2D eigenvalue weighted by Gasteiger charge is -2.09. The molecule has 23 heavy (non-hydrogen) atoms. The third-order valence-electron chi connectivity index (χ3n) is 3.17. The number of hydrogen-bond acceptors (Lipinski definition) is 4. The average molecular weight is 413 g/mol. The first-order valence-corrected chi connectivity index (χ1v) is 9.06. The van der Waals surface area contributed by atoms with Gasteiger partial charge in [-0.15, -0.1) is 0 Å². The largest absolute Gasteiger partial charge is 0.417 e. The molecule has 0 N–H and O–H groups in total. The predicted octanol–water partition coefficient (Wildman–Crippen LogP) is 3.11. The molecule has 5 nitrogen and oxygen atoms in total. The summed E-state index contributed by atoms with van der Waals surface area (Å²) in [5, 5.41) is -0.516. The van der Waals surface area contributed by atoms with Crippen LogP contribution in [0.3, 0.4) is 0 Å². The van der Waals surface area contributed by atoms with Gasteiger partial charge in [-0.05, 0) is 19.1 Å². The third-order valence-corrected chi connectivity index (χ3v) is 5.33. The molecule has 0 aliphatic heterocycles. The number of fused-ring (bicyclic) bond motifs is 1. The molecule has 2 aromatic heterocycles. The van der Waals surface area contributed by atoms with Gasteiger partial charge in [0.1, 0.15) is 11.3 Å². The van der Waals surface area contributed by atoms with E-state index < -0.39 is 37.2 Å². The molecule has 1 atom stereocenters. The molecule has 1 unspecified atom stereocenters. The molecule has 2 rings (SSSR count). The van der Waals surface area contributed by atoms with E-state index in [1.807, 2.05) is 0 Å². The normalized spacial score (nSPS) is 14.2. The minimum absolute atomic E-state index is 0.0403. The van der Waals surface area contributed by atoms with E-state index >= 15 is 0 Å². The van der Waals surface area contributed by atoms with Crippen LogP contribution in [0.5, 0.6) is 0 Å². The molecule has 10 heteroatoms. The maximum absolute atomic E-state index is 12.9. The standard InChI is InChI=1S/C13H12BrF3N2O3S/c1-3-23(21,22)12-10(11(20)7(2)14)18-9-5-4-8(6-19(9)12)13(15,16)17/h4-7H,3H2,1-2H3. The van der Waals surface area contributed by atoms with Crippen molar-refractivity contribution in [2.75, 3.05) is 5.75 Å². The van der Waals surface area contributed by atoms with Crippen LogP contribution in [0.25, 0.3) is 5.65 Å². The van der Waals surface area contributed by atoms with Crippen molar-refractivity contribution >= 4 is 37.2 Å². The first kappa shape index (κ1) is 17.9. The molecule has 2 aromatic rings. The molecule has 0 bridgehead atoms. The summed E-state index contributed by atoms with van der Waals surface area (Å²) in [7, 11) is -3.96. The molecular weight excluding hydrogens is 401 g/mol. The number of ketones is 1. The Morgan fingerprint density at radius 1 is 1.39 bits per heavy atom. The lowest BCUT2D eigenvalue weighted by atomic mass is 10.2. The third kappa shape index (κ3) is 3.27. The van der Waals surface area contributed by atoms with Crippen molar-refractivity contribution in [2.45, 2.75) is 29.9 Å². The number of hydrogen-bond donors (Lipinski definition) is 0. The van der Waals surface area contributed by atoms with Crippen molar-refractivity contribution in [3.8, 4) is 0 Å². The Labute approximate surface area is 138 Å². The maximum atomic E-state index is 12.9. The van der Waals surface area contributed by atoms with E-state index in [1.54, 1.807) is 0 Å². The van der Waals surface area contributed by atoms with Gasteiger partial charge >= 0.3 is 6.18 Å². The van der Waals surface area contributed by atoms with Crippen LogP contribution in [0.4, 0.5) is 13.2 Å². The summed E-state index contributed by atoms with van der Waals surface area (Å²) in [5.41, 5.74) is -1.43. The Morgan fingerprint density at radius 2 is 2.00 bits per heavy atom. The highest BCUT2D eigenvalue weighted by Gasteiger charge is 2.34. The van der Waals surface area contributed by atoms with Gasteiger partial charge in [-0.25, -0.2) is 13.4 Å². The van der Waals surface area contributed by atoms with Crippen molar-refractivity contribution in [1.29, 1.82) is 0 Å². The average Bonchev–Trinajstić information content (AvgIpc) is 2.84. The molecule has 0 saturated carbocycles. The molecular formula is C13H12BrF3N2O3S. The number of carbonyl (C=O) groups excluding carboxylic acids is 1. The summed E-state index contributed by atoms with van der Waals surface area (Å²) < 4.78 is 63.9. The summed E-state index contributed by atoms with van der Waals surface area (Å²) in [6, 6.07) is 1.82. The van der Waals surface area contributed by atoms with Gasteiger partial charge in [0.2, 0.25) is 0 Å². The lowest BCUT2D eigenvalue weighted by Crippen LogP contribution is -2.17. The topological polar surface area (TPSA) is 68.5 Å². The van der Waals surface area contributed by atoms with E-state index in [1.165, 1.54) is 13.8 Å². The number of aromatic nitrogens is 2. The van der Waals surface area contributed by atoms with Gasteiger partial charge < -0.3 is 0 Å². The number of imidazole rings is 1. The molecule has 0 aliphatic rings. The molecule has 0 fully saturated rings. The van der Waals surface area contributed by atoms with Crippen molar-refractivity contribution in [2.24, 2.45) is 0 Å². The van der Waals surface area contributed by atoms with E-state index in [0.29, 0.717) is 6.20 Å². The predicted molar refractivity (Wildman–Crippen MR) is 80.6 cm³/mol. The number of carbonyl (C=O) groups is 1. The van der Waals surface area contributed by atoms with Crippen molar-refractivity contribution in [1.82, 2.24) is 9.38 Å². The second-order valence-corrected chi connectivity index (χ2v) is 8.36. The first-order chi connectivity index (χ1) is 10.5. The lowest BCUT2D eigenvalue weighted by molar-refractivity contribution is -0.137. The van der Waals surface area contributed by atoms with Crippen LogP contribution in [0, 0.1) is 0 Å². The molecule has 0 aliphatic carbocycles. The molecule has 0 saturated heterocycles. The number of alkyl halides is 4. The van der Waals surface area contributed by atoms with Gasteiger partial charge in [0.25, 0.3) is 0 Å². The number of rotatable bonds is 4. The zero-order valence-corrected chi connectivity index (χ0v) is 14.5. The first-order valence-electron chi connectivity index (χ1n) is 6.49. The number of halogens is 4. The summed E-state index contributed by atoms with van der Waals surface area (Å²) in [4.78, 5) is 15.4. The Morgan fingerprint density at radius 3 is 2.48 bits per heavy atom. The fourth-order valence-electron chi connectivity index (χ4n) is 1.97. The molecule has 2 heterocycles. The highest BCUT2D eigenvalue weighted by atomic mass is 79.9. The van der Waals surface area contributed by atoms with E-state index in [2.05, 4.69) is 20.9 Å². The Kier molecular flexibility index (Phi) is 4.60. The molecule has 126 valence electrons. The Balaban J connectivity index is 2.88. The Bertz CT molecular complexity index is 872. The number of Topliss-reactive ketones (excluding diaryl/α,β-unsaturated/α-hetero) is 1. The highest BCUT2D eigenvalue weighted by molar-refractivity contribution is 9.10. The zero-order chi connectivity index (χ0) is 17.6. The molecule has 0 aromatic carbocycles. The molecule has 0 radical (unpaired) electrons. The zero-order valence-electron chi connectivity index (χ0n) is 12.1. The second kappa shape index (κ2) is 5.90. The van der Waals surface area contributed by atoms with Crippen LogP contribution in [0.1, 0.15) is 29.9 Å². The fourth-order valence-corrected chi connectivity index (χ4v) is 3.35. The molecule has 0 spiro atoms. The Hall–Kier alpha value is -1.42. The summed E-state index contributed by atoms with van der Waals surface area (Å²) in [5.74, 6) is -0.983. The van der Waals surface area contributed by atoms with Gasteiger partial charge in [-0.3, -0.25) is 9.20 Å². The van der Waals surface area contributed by atoms with Gasteiger partial charge in [0.05, 0.1) is 16.1 Å². The van der Waals surface area contributed by atoms with E-state index in [0.717, 1.165) is 16.5 Å². The highest BCUT2D eigenvalue weighted by Crippen LogP contribution is 2.31. The summed E-state index contributed by atoms with van der Waals surface area (Å²) >= 11 is 3.03. The van der Waals surface area contributed by atoms with E-state index in [9.17, 15) is 26.4 Å². The second-order valence-electron chi connectivity index (χ2n) is 4.79. The van der Waals surface area contributed by atoms with Crippen molar-refractivity contribution in [3.63, 3.8) is 0 Å².